The Balaban J connectivity index is 1.64. The molecule has 0 radical (unpaired) electrons. The van der Waals surface area contributed by atoms with Gasteiger partial charge in [-0.3, -0.25) is 19.3 Å². The van der Waals surface area contributed by atoms with Crippen LogP contribution in [0.1, 0.15) is 29.6 Å². The lowest BCUT2D eigenvalue weighted by molar-refractivity contribution is -0.123. The molecule has 1 atom stereocenters. The second-order valence-corrected chi connectivity index (χ2v) is 8.84. The van der Waals surface area contributed by atoms with Crippen molar-refractivity contribution in [2.24, 2.45) is 0 Å². The van der Waals surface area contributed by atoms with Gasteiger partial charge in [-0.2, -0.15) is 0 Å². The first-order valence-electron chi connectivity index (χ1n) is 10.9. The summed E-state index contributed by atoms with van der Waals surface area (Å²) in [5, 5.41) is 3.17. The molecule has 2 aliphatic heterocycles. The standard InChI is InChI=1S/C24H27ClN4O4/c1-27(2)23(31)15-7-9-18-20(12-15)29(24(32)19-6-4-5-11-28(18)19)14-22(30)26-16-8-10-21(33-3)17(25)13-16/h7-10,12-13,19H,4-6,11,14H2,1-3H3,(H,26,30). The fraction of sp³-hybridized carbons (Fsp3) is 0.375. The van der Waals surface area contributed by atoms with Crippen LogP contribution in [0.4, 0.5) is 17.1 Å². The molecule has 1 fully saturated rings. The predicted molar refractivity (Wildman–Crippen MR) is 128 cm³/mol. The summed E-state index contributed by atoms with van der Waals surface area (Å²) < 4.78 is 5.14. The molecule has 0 spiro atoms. The summed E-state index contributed by atoms with van der Waals surface area (Å²) in [6, 6.07) is 10.0. The maximum Gasteiger partial charge on any atom is 0.253 e. The first-order valence-corrected chi connectivity index (χ1v) is 11.2. The predicted octanol–water partition coefficient (Wildman–Crippen LogP) is 3.39. The summed E-state index contributed by atoms with van der Waals surface area (Å²) in [4.78, 5) is 44.0. The van der Waals surface area contributed by atoms with E-state index in [0.29, 0.717) is 27.7 Å². The van der Waals surface area contributed by atoms with E-state index in [1.54, 1.807) is 44.4 Å². The minimum absolute atomic E-state index is 0.125. The van der Waals surface area contributed by atoms with Crippen molar-refractivity contribution >= 4 is 46.4 Å². The first kappa shape index (κ1) is 22.9. The van der Waals surface area contributed by atoms with Crippen LogP contribution in [0.5, 0.6) is 5.75 Å². The molecule has 1 unspecified atom stereocenters. The van der Waals surface area contributed by atoms with Crippen LogP contribution in [0, 0.1) is 0 Å². The third kappa shape index (κ3) is 4.48. The number of carbonyl (C=O) groups excluding carboxylic acids is 3. The summed E-state index contributed by atoms with van der Waals surface area (Å²) in [5.74, 6) is -0.141. The number of ether oxygens (including phenoxy) is 1. The van der Waals surface area contributed by atoms with Gasteiger partial charge in [0.05, 0.1) is 23.5 Å². The van der Waals surface area contributed by atoms with Gasteiger partial charge in [0.1, 0.15) is 18.3 Å². The van der Waals surface area contributed by atoms with Crippen molar-refractivity contribution < 1.29 is 19.1 Å². The zero-order valence-electron chi connectivity index (χ0n) is 18.9. The number of amides is 3. The summed E-state index contributed by atoms with van der Waals surface area (Å²) >= 11 is 6.16. The van der Waals surface area contributed by atoms with E-state index in [1.165, 1.54) is 16.9 Å². The molecule has 0 bridgehead atoms. The third-order valence-corrected chi connectivity index (χ3v) is 6.32. The van der Waals surface area contributed by atoms with Crippen molar-refractivity contribution in [2.45, 2.75) is 25.3 Å². The highest BCUT2D eigenvalue weighted by atomic mass is 35.5. The number of rotatable bonds is 5. The number of hydrogen-bond acceptors (Lipinski definition) is 5. The number of hydrogen-bond donors (Lipinski definition) is 1. The molecule has 33 heavy (non-hydrogen) atoms. The van der Waals surface area contributed by atoms with E-state index in [0.717, 1.165) is 31.5 Å². The third-order valence-electron chi connectivity index (χ3n) is 6.02. The van der Waals surface area contributed by atoms with Crippen LogP contribution < -0.4 is 19.9 Å². The molecule has 2 heterocycles. The van der Waals surface area contributed by atoms with Gasteiger partial charge >= 0.3 is 0 Å². The molecule has 2 aliphatic rings. The van der Waals surface area contributed by atoms with Gasteiger partial charge in [-0.05, 0) is 55.7 Å². The lowest BCUT2D eigenvalue weighted by Gasteiger charge is -2.45. The molecule has 0 aliphatic carbocycles. The van der Waals surface area contributed by atoms with Crippen LogP contribution in [0.15, 0.2) is 36.4 Å². The molecule has 2 aromatic carbocycles. The monoisotopic (exact) mass is 470 g/mol. The maximum atomic E-state index is 13.4. The minimum atomic E-state index is -0.357. The van der Waals surface area contributed by atoms with Crippen LogP contribution in [-0.4, -0.2) is 63.0 Å². The van der Waals surface area contributed by atoms with Gasteiger partial charge in [0.25, 0.3) is 5.91 Å². The number of fused-ring (bicyclic) bond motifs is 3. The number of piperidine rings is 1. The number of nitrogens with one attached hydrogen (secondary N) is 1. The fourth-order valence-electron chi connectivity index (χ4n) is 4.40. The smallest absolute Gasteiger partial charge is 0.253 e. The van der Waals surface area contributed by atoms with E-state index in [4.69, 9.17) is 16.3 Å². The van der Waals surface area contributed by atoms with Crippen LogP contribution >= 0.6 is 11.6 Å². The van der Waals surface area contributed by atoms with E-state index in [-0.39, 0.29) is 30.3 Å². The highest BCUT2D eigenvalue weighted by Gasteiger charge is 2.40. The molecular formula is C24H27ClN4O4. The Morgan fingerprint density at radius 1 is 1.15 bits per heavy atom. The molecule has 3 amide bonds. The maximum absolute atomic E-state index is 13.4. The fourth-order valence-corrected chi connectivity index (χ4v) is 4.66. The van der Waals surface area contributed by atoms with Gasteiger partial charge in [0.2, 0.25) is 11.8 Å². The highest BCUT2D eigenvalue weighted by molar-refractivity contribution is 6.32. The van der Waals surface area contributed by atoms with Crippen LogP contribution in [0.3, 0.4) is 0 Å². The number of methoxy groups -OCH3 is 1. The van der Waals surface area contributed by atoms with Gasteiger partial charge in [0, 0.05) is 31.9 Å². The van der Waals surface area contributed by atoms with Crippen molar-refractivity contribution in [1.29, 1.82) is 0 Å². The Morgan fingerprint density at radius 2 is 1.94 bits per heavy atom. The molecule has 1 N–H and O–H groups in total. The summed E-state index contributed by atoms with van der Waals surface area (Å²) in [5.41, 5.74) is 2.42. The lowest BCUT2D eigenvalue weighted by atomic mass is 9.95. The van der Waals surface area contributed by atoms with Gasteiger partial charge in [0.15, 0.2) is 0 Å². The van der Waals surface area contributed by atoms with Gasteiger partial charge in [-0.15, -0.1) is 0 Å². The molecule has 1 saturated heterocycles. The summed E-state index contributed by atoms with van der Waals surface area (Å²) in [6.07, 6.45) is 2.70. The molecule has 174 valence electrons. The number of nitrogens with zero attached hydrogens (tertiary/aromatic N) is 3. The lowest BCUT2D eigenvalue weighted by Crippen LogP contribution is -2.56. The molecule has 0 saturated carbocycles. The zero-order chi connectivity index (χ0) is 23.7. The topological polar surface area (TPSA) is 82.2 Å². The second-order valence-electron chi connectivity index (χ2n) is 8.43. The van der Waals surface area contributed by atoms with Crippen molar-refractivity contribution in [3.63, 3.8) is 0 Å². The molecule has 0 aromatic heterocycles. The summed E-state index contributed by atoms with van der Waals surface area (Å²) in [6.45, 7) is 0.605. The zero-order valence-corrected chi connectivity index (χ0v) is 19.7. The average molecular weight is 471 g/mol. The number of carbonyl (C=O) groups is 3. The Bertz CT molecular complexity index is 1100. The Morgan fingerprint density at radius 3 is 2.64 bits per heavy atom. The van der Waals surface area contributed by atoms with Crippen molar-refractivity contribution in [3.8, 4) is 5.75 Å². The normalized spacial score (nSPS) is 17.2. The van der Waals surface area contributed by atoms with E-state index >= 15 is 0 Å². The Labute approximate surface area is 198 Å². The van der Waals surface area contributed by atoms with E-state index in [9.17, 15) is 14.4 Å². The van der Waals surface area contributed by atoms with Crippen LogP contribution in [-0.2, 0) is 9.59 Å². The molecule has 4 rings (SSSR count). The van der Waals surface area contributed by atoms with E-state index < -0.39 is 0 Å². The second kappa shape index (κ2) is 9.31. The van der Waals surface area contributed by atoms with Crippen LogP contribution in [0.2, 0.25) is 5.02 Å². The van der Waals surface area contributed by atoms with E-state index in [1.807, 2.05) is 6.07 Å². The van der Waals surface area contributed by atoms with Crippen molar-refractivity contribution in [3.05, 3.63) is 47.0 Å². The largest absolute Gasteiger partial charge is 0.495 e. The summed E-state index contributed by atoms with van der Waals surface area (Å²) in [7, 11) is 4.88. The van der Waals surface area contributed by atoms with Crippen molar-refractivity contribution in [2.75, 3.05) is 49.4 Å². The molecular weight excluding hydrogens is 444 g/mol. The minimum Gasteiger partial charge on any atom is -0.495 e. The van der Waals surface area contributed by atoms with Gasteiger partial charge in [-0.1, -0.05) is 11.6 Å². The van der Waals surface area contributed by atoms with Gasteiger partial charge < -0.3 is 19.9 Å². The molecule has 8 nitrogen and oxygen atoms in total. The quantitative estimate of drug-likeness (QED) is 0.724. The number of benzene rings is 2. The number of halogens is 1. The van der Waals surface area contributed by atoms with Crippen molar-refractivity contribution in [1.82, 2.24) is 4.90 Å². The average Bonchev–Trinajstić information content (AvgIpc) is 2.81. The first-order chi connectivity index (χ1) is 15.8. The number of anilines is 3. The Hall–Kier alpha value is -3.26. The van der Waals surface area contributed by atoms with E-state index in [2.05, 4.69) is 10.2 Å². The van der Waals surface area contributed by atoms with Gasteiger partial charge in [-0.25, -0.2) is 0 Å². The SMILES string of the molecule is COc1ccc(NC(=O)CN2C(=O)C3CCCCN3c3ccc(C(=O)N(C)C)cc32)cc1Cl. The van der Waals surface area contributed by atoms with Crippen LogP contribution in [0.25, 0.3) is 0 Å². The Kier molecular flexibility index (Phi) is 6.47. The highest BCUT2D eigenvalue weighted by Crippen LogP contribution is 2.40. The molecule has 9 heteroatoms. The molecule has 2 aromatic rings.